The first kappa shape index (κ1) is 20.2. The quantitative estimate of drug-likeness (QED) is 0.754. The van der Waals surface area contributed by atoms with Crippen LogP contribution < -0.4 is 5.32 Å². The number of carbonyl (C=O) groups is 2. The number of amides is 2. The van der Waals surface area contributed by atoms with E-state index in [0.717, 1.165) is 13.1 Å². The smallest absolute Gasteiger partial charge is 0.251 e. The van der Waals surface area contributed by atoms with Gasteiger partial charge in [0.1, 0.15) is 0 Å². The van der Waals surface area contributed by atoms with Crippen LogP contribution in [0.4, 0.5) is 0 Å². The lowest BCUT2D eigenvalue weighted by Gasteiger charge is -2.27. The molecule has 0 aliphatic rings. The highest BCUT2D eigenvalue weighted by atomic mass is 16.2. The second-order valence-electron chi connectivity index (χ2n) is 6.98. The molecule has 0 spiro atoms. The zero-order chi connectivity index (χ0) is 18.1. The highest BCUT2D eigenvalue weighted by Crippen LogP contribution is 2.05. The number of nitrogens with zero attached hydrogens (tertiary/aromatic N) is 2. The maximum Gasteiger partial charge on any atom is 0.251 e. The molecule has 0 radical (unpaired) electrons. The number of hydrogen-bond donors (Lipinski definition) is 1. The van der Waals surface area contributed by atoms with E-state index in [1.54, 1.807) is 12.1 Å². The lowest BCUT2D eigenvalue weighted by atomic mass is 10.1. The Kier molecular flexibility index (Phi) is 8.47. The summed E-state index contributed by atoms with van der Waals surface area (Å²) in [7, 11) is 4.00. The third-order valence-corrected chi connectivity index (χ3v) is 3.65. The minimum absolute atomic E-state index is 0.0893. The normalized spacial score (nSPS) is 12.3. The Morgan fingerprint density at radius 2 is 1.67 bits per heavy atom. The summed E-state index contributed by atoms with van der Waals surface area (Å²) in [6.45, 7) is 8.38. The largest absolute Gasteiger partial charge is 0.349 e. The molecule has 5 heteroatoms. The van der Waals surface area contributed by atoms with E-state index < -0.39 is 0 Å². The predicted molar refractivity (Wildman–Crippen MR) is 98.0 cm³/mol. The van der Waals surface area contributed by atoms with Gasteiger partial charge in [-0.3, -0.25) is 9.59 Å². The molecule has 0 heterocycles. The van der Waals surface area contributed by atoms with E-state index in [9.17, 15) is 9.59 Å². The van der Waals surface area contributed by atoms with Gasteiger partial charge in [-0.2, -0.15) is 0 Å². The van der Waals surface area contributed by atoms with Crippen molar-refractivity contribution in [3.8, 4) is 0 Å². The third-order valence-electron chi connectivity index (χ3n) is 3.65. The summed E-state index contributed by atoms with van der Waals surface area (Å²) in [6, 6.07) is 8.88. The average Bonchev–Trinajstić information content (AvgIpc) is 2.51. The molecule has 1 atom stereocenters. The van der Waals surface area contributed by atoms with Crippen molar-refractivity contribution >= 4 is 11.8 Å². The average molecular weight is 333 g/mol. The zero-order valence-electron chi connectivity index (χ0n) is 15.6. The Bertz CT molecular complexity index is 515. The van der Waals surface area contributed by atoms with Crippen LogP contribution >= 0.6 is 0 Å². The van der Waals surface area contributed by atoms with E-state index in [1.165, 1.54) is 0 Å². The van der Waals surface area contributed by atoms with E-state index in [4.69, 9.17) is 0 Å². The molecule has 1 aromatic rings. The summed E-state index contributed by atoms with van der Waals surface area (Å²) >= 11 is 0. The fourth-order valence-electron chi connectivity index (χ4n) is 2.42. The van der Waals surface area contributed by atoms with E-state index in [-0.39, 0.29) is 17.9 Å². The Balaban J connectivity index is 2.56. The van der Waals surface area contributed by atoms with E-state index >= 15 is 0 Å². The van der Waals surface area contributed by atoms with Crippen molar-refractivity contribution in [1.29, 1.82) is 0 Å². The SMILES string of the molecule is CC(C)CN(CCN(C)C)C(=O)CC(C)NC(=O)c1ccccc1. The van der Waals surface area contributed by atoms with Gasteiger partial charge in [0.05, 0.1) is 0 Å². The summed E-state index contributed by atoms with van der Waals surface area (Å²) in [4.78, 5) is 28.7. The van der Waals surface area contributed by atoms with Crippen molar-refractivity contribution in [1.82, 2.24) is 15.1 Å². The molecule has 2 amide bonds. The van der Waals surface area contributed by atoms with Gasteiger partial charge < -0.3 is 15.1 Å². The first-order valence-electron chi connectivity index (χ1n) is 8.58. The Morgan fingerprint density at radius 1 is 1.04 bits per heavy atom. The summed E-state index contributed by atoms with van der Waals surface area (Å²) < 4.78 is 0. The van der Waals surface area contributed by atoms with Crippen molar-refractivity contribution in [3.05, 3.63) is 35.9 Å². The molecular weight excluding hydrogens is 302 g/mol. The van der Waals surface area contributed by atoms with Crippen molar-refractivity contribution in [2.75, 3.05) is 33.7 Å². The number of likely N-dealkylation sites (N-methyl/N-ethyl adjacent to an activating group) is 1. The topological polar surface area (TPSA) is 52.6 Å². The molecule has 0 aromatic heterocycles. The molecule has 5 nitrogen and oxygen atoms in total. The van der Waals surface area contributed by atoms with E-state index in [2.05, 4.69) is 24.1 Å². The first-order chi connectivity index (χ1) is 11.3. The summed E-state index contributed by atoms with van der Waals surface area (Å²) in [6.07, 6.45) is 0.318. The highest BCUT2D eigenvalue weighted by molar-refractivity contribution is 5.94. The fourth-order valence-corrected chi connectivity index (χ4v) is 2.42. The van der Waals surface area contributed by atoms with Gasteiger partial charge >= 0.3 is 0 Å². The van der Waals surface area contributed by atoms with Crippen molar-refractivity contribution in [3.63, 3.8) is 0 Å². The molecule has 1 rings (SSSR count). The van der Waals surface area contributed by atoms with Crippen LogP contribution in [0.25, 0.3) is 0 Å². The zero-order valence-corrected chi connectivity index (χ0v) is 15.6. The van der Waals surface area contributed by atoms with Gasteiger partial charge in [0, 0.05) is 37.7 Å². The second kappa shape index (κ2) is 10.1. The Morgan fingerprint density at radius 3 is 2.21 bits per heavy atom. The van der Waals surface area contributed by atoms with Crippen LogP contribution in [-0.4, -0.2) is 61.4 Å². The van der Waals surface area contributed by atoms with Crippen LogP contribution in [-0.2, 0) is 4.79 Å². The predicted octanol–water partition coefficient (Wildman–Crippen LogP) is 2.24. The number of hydrogen-bond acceptors (Lipinski definition) is 3. The van der Waals surface area contributed by atoms with Gasteiger partial charge in [-0.05, 0) is 39.1 Å². The summed E-state index contributed by atoms with van der Waals surface area (Å²) in [5.74, 6) is 0.372. The Labute approximate surface area is 146 Å². The van der Waals surface area contributed by atoms with Gasteiger partial charge in [0.15, 0.2) is 0 Å². The monoisotopic (exact) mass is 333 g/mol. The third kappa shape index (κ3) is 7.59. The first-order valence-corrected chi connectivity index (χ1v) is 8.58. The number of rotatable bonds is 9. The number of benzene rings is 1. The van der Waals surface area contributed by atoms with Crippen molar-refractivity contribution in [2.45, 2.75) is 33.2 Å². The van der Waals surface area contributed by atoms with E-state index in [0.29, 0.717) is 24.4 Å². The van der Waals surface area contributed by atoms with Gasteiger partial charge in [0.25, 0.3) is 5.91 Å². The van der Waals surface area contributed by atoms with Gasteiger partial charge in [-0.1, -0.05) is 32.0 Å². The van der Waals surface area contributed by atoms with E-state index in [1.807, 2.05) is 44.1 Å². The molecule has 0 saturated carbocycles. The maximum absolute atomic E-state index is 12.6. The van der Waals surface area contributed by atoms with Gasteiger partial charge in [-0.15, -0.1) is 0 Å². The fraction of sp³-hybridized carbons (Fsp3) is 0.579. The van der Waals surface area contributed by atoms with Crippen molar-refractivity contribution < 1.29 is 9.59 Å². The van der Waals surface area contributed by atoms with Crippen molar-refractivity contribution in [2.24, 2.45) is 5.92 Å². The number of nitrogens with one attached hydrogen (secondary N) is 1. The molecule has 1 aromatic carbocycles. The Hall–Kier alpha value is -1.88. The molecular formula is C19H31N3O2. The molecule has 0 aliphatic carbocycles. The van der Waals surface area contributed by atoms with Gasteiger partial charge in [-0.25, -0.2) is 0 Å². The molecule has 1 unspecified atom stereocenters. The standard InChI is InChI=1S/C19H31N3O2/c1-15(2)14-22(12-11-21(4)5)18(23)13-16(3)20-19(24)17-9-7-6-8-10-17/h6-10,15-16H,11-14H2,1-5H3,(H,20,24). The molecule has 0 bridgehead atoms. The van der Waals surface area contributed by atoms with Crippen LogP contribution in [0.5, 0.6) is 0 Å². The molecule has 0 aliphatic heterocycles. The second-order valence-corrected chi connectivity index (χ2v) is 6.98. The van der Waals surface area contributed by atoms with Crippen LogP contribution in [0.2, 0.25) is 0 Å². The van der Waals surface area contributed by atoms with Crippen LogP contribution in [0.3, 0.4) is 0 Å². The number of carbonyl (C=O) groups excluding carboxylic acids is 2. The van der Waals surface area contributed by atoms with Crippen LogP contribution in [0.1, 0.15) is 37.6 Å². The lowest BCUT2D eigenvalue weighted by molar-refractivity contribution is -0.132. The minimum Gasteiger partial charge on any atom is -0.349 e. The summed E-state index contributed by atoms with van der Waals surface area (Å²) in [5, 5.41) is 2.90. The van der Waals surface area contributed by atoms with Crippen LogP contribution in [0, 0.1) is 5.92 Å². The molecule has 0 fully saturated rings. The van der Waals surface area contributed by atoms with Gasteiger partial charge in [0.2, 0.25) is 5.91 Å². The molecule has 134 valence electrons. The maximum atomic E-state index is 12.6. The molecule has 24 heavy (non-hydrogen) atoms. The molecule has 0 saturated heterocycles. The highest BCUT2D eigenvalue weighted by Gasteiger charge is 2.19. The minimum atomic E-state index is -0.195. The summed E-state index contributed by atoms with van der Waals surface area (Å²) in [5.41, 5.74) is 0.614. The molecule has 1 N–H and O–H groups in total. The van der Waals surface area contributed by atoms with Crippen LogP contribution in [0.15, 0.2) is 30.3 Å². The lowest BCUT2D eigenvalue weighted by Crippen LogP contribution is -2.42.